The van der Waals surface area contributed by atoms with Crippen LogP contribution in [0.25, 0.3) is 0 Å². The first-order valence-corrected chi connectivity index (χ1v) is 8.14. The van der Waals surface area contributed by atoms with Crippen LogP contribution in [0.5, 0.6) is 0 Å². The average molecular weight is 335 g/mol. The zero-order valence-electron chi connectivity index (χ0n) is 14.8. The Labute approximate surface area is 157 Å². The number of carboxylic acid groups (broad SMARTS) is 2. The topological polar surface area (TPSA) is 80.3 Å². The fourth-order valence-electron chi connectivity index (χ4n) is 1.73. The zero-order chi connectivity index (χ0) is 17.4. The van der Waals surface area contributed by atoms with Gasteiger partial charge in [0, 0.05) is 0 Å². The number of carboxylic acids is 2. The van der Waals surface area contributed by atoms with Gasteiger partial charge in [-0.05, 0) is 36.8 Å². The molecule has 0 unspecified atom stereocenters. The van der Waals surface area contributed by atoms with Crippen molar-refractivity contribution in [2.75, 3.05) is 0 Å². The minimum atomic E-state index is -1.11. The molecule has 0 aromatic carbocycles. The van der Waals surface area contributed by atoms with Gasteiger partial charge in [-0.15, -0.1) is 0 Å². The molecule has 128 valence electrons. The Bertz CT molecular complexity index is 317. The molecule has 0 aromatic heterocycles. The van der Waals surface area contributed by atoms with Crippen LogP contribution in [0.3, 0.4) is 0 Å². The maximum Gasteiger partial charge on any atom is 2.00 e. The van der Waals surface area contributed by atoms with Crippen molar-refractivity contribution in [3.63, 3.8) is 0 Å². The summed E-state index contributed by atoms with van der Waals surface area (Å²) < 4.78 is 0. The molecular weight excluding hydrogens is 304 g/mol. The molecule has 0 atom stereocenters. The van der Waals surface area contributed by atoms with Crippen LogP contribution in [-0.2, 0) is 9.59 Å². The third-order valence-electron chi connectivity index (χ3n) is 3.24. The van der Waals surface area contributed by atoms with Crippen molar-refractivity contribution in [2.24, 2.45) is 0 Å². The van der Waals surface area contributed by atoms with E-state index in [1.165, 1.54) is 12.8 Å². The van der Waals surface area contributed by atoms with E-state index in [4.69, 9.17) is 0 Å². The summed E-state index contributed by atoms with van der Waals surface area (Å²) in [6.07, 6.45) is 9.81. The molecule has 0 aliphatic rings. The summed E-state index contributed by atoms with van der Waals surface area (Å²) in [5.74, 6) is -2.22. The van der Waals surface area contributed by atoms with Crippen LogP contribution < -0.4 is 10.2 Å². The number of hydrogen-bond donors (Lipinski definition) is 0. The largest absolute Gasteiger partial charge is 2.00 e. The second-order valence-electron chi connectivity index (χ2n) is 5.40. The molecule has 0 saturated heterocycles. The summed E-state index contributed by atoms with van der Waals surface area (Å²) in [7, 11) is 0. The van der Waals surface area contributed by atoms with Crippen molar-refractivity contribution in [3.8, 4) is 0 Å². The first kappa shape index (κ1) is 27.1. The van der Waals surface area contributed by atoms with E-state index >= 15 is 0 Å². The number of rotatable bonds is 12. The summed E-state index contributed by atoms with van der Waals surface area (Å²) in [6.45, 7) is 11.0. The minimum Gasteiger partial charge on any atom is -0.545 e. The average Bonchev–Trinajstić information content (AvgIpc) is 2.48. The SMILES string of the molecule is C=C(CCCCCC)C(=O)[O-].C=C(CCCCCC)C(=O)[O-].[Mg+2]. The van der Waals surface area contributed by atoms with Crippen molar-refractivity contribution in [1.82, 2.24) is 0 Å². The fraction of sp³-hybridized carbons (Fsp3) is 0.667. The molecule has 0 amide bonds. The normalized spacial score (nSPS) is 9.13. The predicted octanol–water partition coefficient (Wildman–Crippen LogP) is 2.14. The van der Waals surface area contributed by atoms with Gasteiger partial charge in [0.15, 0.2) is 0 Å². The predicted molar refractivity (Wildman–Crippen MR) is 91.6 cm³/mol. The molecule has 0 radical (unpaired) electrons. The molecule has 0 aliphatic heterocycles. The van der Waals surface area contributed by atoms with E-state index in [2.05, 4.69) is 27.0 Å². The van der Waals surface area contributed by atoms with Gasteiger partial charge in [-0.2, -0.15) is 0 Å². The van der Waals surface area contributed by atoms with Gasteiger partial charge >= 0.3 is 23.1 Å². The first-order valence-electron chi connectivity index (χ1n) is 8.14. The molecule has 0 N–H and O–H groups in total. The second-order valence-corrected chi connectivity index (χ2v) is 5.40. The Morgan fingerprint density at radius 2 is 1.00 bits per heavy atom. The van der Waals surface area contributed by atoms with E-state index < -0.39 is 11.9 Å². The van der Waals surface area contributed by atoms with Crippen LogP contribution in [0.2, 0.25) is 0 Å². The maximum absolute atomic E-state index is 10.2. The summed E-state index contributed by atoms with van der Waals surface area (Å²) >= 11 is 0. The van der Waals surface area contributed by atoms with E-state index in [-0.39, 0.29) is 34.2 Å². The van der Waals surface area contributed by atoms with Gasteiger partial charge in [0.05, 0.1) is 11.9 Å². The van der Waals surface area contributed by atoms with Gasteiger partial charge in [0.25, 0.3) is 0 Å². The Hall–Kier alpha value is -0.814. The molecule has 5 heteroatoms. The van der Waals surface area contributed by atoms with E-state index in [1.54, 1.807) is 0 Å². The van der Waals surface area contributed by atoms with Gasteiger partial charge in [-0.1, -0.05) is 65.5 Å². The molecule has 0 bridgehead atoms. The number of carbonyl (C=O) groups is 2. The Kier molecular flexibility index (Phi) is 22.6. The Balaban J connectivity index is -0.000000333. The molecular formula is C18H30MgO4. The molecule has 4 nitrogen and oxygen atoms in total. The summed E-state index contributed by atoms with van der Waals surface area (Å²) in [6, 6.07) is 0. The van der Waals surface area contributed by atoms with Gasteiger partial charge in [0.1, 0.15) is 0 Å². The molecule has 0 aliphatic carbocycles. The fourth-order valence-corrected chi connectivity index (χ4v) is 1.73. The van der Waals surface area contributed by atoms with E-state index in [0.717, 1.165) is 38.5 Å². The first-order chi connectivity index (χ1) is 10.4. The molecule has 0 saturated carbocycles. The van der Waals surface area contributed by atoms with Crippen LogP contribution in [0.1, 0.15) is 78.1 Å². The van der Waals surface area contributed by atoms with Crippen LogP contribution in [0.4, 0.5) is 0 Å². The maximum atomic E-state index is 10.2. The Morgan fingerprint density at radius 1 is 0.696 bits per heavy atom. The third kappa shape index (κ3) is 21.2. The summed E-state index contributed by atoms with van der Waals surface area (Å²) in [4.78, 5) is 20.3. The number of aliphatic carboxylic acids is 2. The van der Waals surface area contributed by atoms with E-state index in [0.29, 0.717) is 12.8 Å². The van der Waals surface area contributed by atoms with Gasteiger partial charge in [0.2, 0.25) is 0 Å². The number of unbranched alkanes of at least 4 members (excludes halogenated alkanes) is 6. The van der Waals surface area contributed by atoms with E-state index in [1.807, 2.05) is 0 Å². The van der Waals surface area contributed by atoms with Crippen molar-refractivity contribution < 1.29 is 19.8 Å². The van der Waals surface area contributed by atoms with Crippen molar-refractivity contribution in [2.45, 2.75) is 78.1 Å². The van der Waals surface area contributed by atoms with Gasteiger partial charge < -0.3 is 19.8 Å². The molecule has 0 spiro atoms. The second kappa shape index (κ2) is 19.2. The smallest absolute Gasteiger partial charge is 0.545 e. The minimum absolute atomic E-state index is 0. The zero-order valence-corrected chi connectivity index (χ0v) is 16.2. The molecule has 0 fully saturated rings. The van der Waals surface area contributed by atoms with Gasteiger partial charge in [-0.25, -0.2) is 0 Å². The monoisotopic (exact) mass is 334 g/mol. The number of hydrogen-bond acceptors (Lipinski definition) is 4. The third-order valence-corrected chi connectivity index (χ3v) is 3.24. The molecule has 0 rings (SSSR count). The summed E-state index contributed by atoms with van der Waals surface area (Å²) in [5.41, 5.74) is 0.446. The number of carbonyl (C=O) groups excluding carboxylic acids is 2. The van der Waals surface area contributed by atoms with Gasteiger partial charge in [-0.3, -0.25) is 0 Å². The van der Waals surface area contributed by atoms with Crippen molar-refractivity contribution in [3.05, 3.63) is 24.3 Å². The molecule has 0 heterocycles. The van der Waals surface area contributed by atoms with E-state index in [9.17, 15) is 19.8 Å². The van der Waals surface area contributed by atoms with Crippen LogP contribution >= 0.6 is 0 Å². The molecule has 23 heavy (non-hydrogen) atoms. The summed E-state index contributed by atoms with van der Waals surface area (Å²) in [5, 5.41) is 20.3. The van der Waals surface area contributed by atoms with Crippen molar-refractivity contribution >= 4 is 35.0 Å². The Morgan fingerprint density at radius 3 is 1.22 bits per heavy atom. The standard InChI is InChI=1S/2C9H16O2.Mg/c2*1-3-4-5-6-7-8(2)9(10)11;/h2*2-7H2,1H3,(H,10,11);/q;;+2/p-2. The van der Waals surface area contributed by atoms with Crippen LogP contribution in [0, 0.1) is 0 Å². The molecule has 0 aromatic rings. The van der Waals surface area contributed by atoms with Crippen molar-refractivity contribution in [1.29, 1.82) is 0 Å². The van der Waals surface area contributed by atoms with Crippen LogP contribution in [-0.4, -0.2) is 35.0 Å². The quantitative estimate of drug-likeness (QED) is 0.311. The van der Waals surface area contributed by atoms with Crippen LogP contribution in [0.15, 0.2) is 24.3 Å².